The van der Waals surface area contributed by atoms with Crippen LogP contribution in [0.5, 0.6) is 0 Å². The van der Waals surface area contributed by atoms with Crippen LogP contribution in [0.15, 0.2) is 0 Å². The Morgan fingerprint density at radius 3 is 2.87 bits per heavy atom. The van der Waals surface area contributed by atoms with Gasteiger partial charge in [-0.25, -0.2) is 0 Å². The summed E-state index contributed by atoms with van der Waals surface area (Å²) in [7, 11) is 0. The van der Waals surface area contributed by atoms with E-state index >= 15 is 0 Å². The Morgan fingerprint density at radius 2 is 2.20 bits per heavy atom. The van der Waals surface area contributed by atoms with Crippen LogP contribution in [0.1, 0.15) is 25.7 Å². The van der Waals surface area contributed by atoms with Gasteiger partial charge in [-0.3, -0.25) is 4.79 Å². The van der Waals surface area contributed by atoms with Crippen molar-refractivity contribution in [3.63, 3.8) is 0 Å². The van der Waals surface area contributed by atoms with Crippen molar-refractivity contribution in [3.05, 3.63) is 0 Å². The van der Waals surface area contributed by atoms with Gasteiger partial charge in [0, 0.05) is 32.1 Å². The molecule has 2 aliphatic heterocycles. The first kappa shape index (κ1) is 10.9. The van der Waals surface area contributed by atoms with Gasteiger partial charge < -0.3 is 15.5 Å². The Kier molecular flexibility index (Phi) is 3.97. The second-order valence-electron chi connectivity index (χ2n) is 4.54. The van der Waals surface area contributed by atoms with Crippen LogP contribution < -0.4 is 10.6 Å². The first-order valence-corrected chi connectivity index (χ1v) is 6.07. The maximum atomic E-state index is 10.9. The monoisotopic (exact) mass is 211 g/mol. The van der Waals surface area contributed by atoms with Gasteiger partial charge in [0.25, 0.3) is 0 Å². The quantitative estimate of drug-likeness (QED) is 0.685. The summed E-state index contributed by atoms with van der Waals surface area (Å²) in [6.45, 7) is 5.55. The van der Waals surface area contributed by atoms with E-state index in [1.165, 1.54) is 25.9 Å². The summed E-state index contributed by atoms with van der Waals surface area (Å²) >= 11 is 0. The number of likely N-dealkylation sites (tertiary alicyclic amines) is 1. The number of carbonyl (C=O) groups excluding carboxylic acids is 1. The molecule has 2 fully saturated rings. The summed E-state index contributed by atoms with van der Waals surface area (Å²) < 4.78 is 0. The topological polar surface area (TPSA) is 44.4 Å². The van der Waals surface area contributed by atoms with Crippen LogP contribution in [0.25, 0.3) is 0 Å². The number of piperidine rings is 1. The fraction of sp³-hybridized carbons (Fsp3) is 0.909. The Hall–Kier alpha value is -0.610. The second kappa shape index (κ2) is 5.47. The van der Waals surface area contributed by atoms with Gasteiger partial charge in [0.1, 0.15) is 0 Å². The van der Waals surface area contributed by atoms with Crippen molar-refractivity contribution in [2.24, 2.45) is 0 Å². The third kappa shape index (κ3) is 3.47. The summed E-state index contributed by atoms with van der Waals surface area (Å²) in [6, 6.07) is 0.491. The molecule has 86 valence electrons. The highest BCUT2D eigenvalue weighted by Crippen LogP contribution is 2.06. The van der Waals surface area contributed by atoms with E-state index in [1.54, 1.807) is 0 Å². The first-order chi connectivity index (χ1) is 7.34. The van der Waals surface area contributed by atoms with Crippen LogP contribution >= 0.6 is 0 Å². The van der Waals surface area contributed by atoms with Crippen LogP contribution in [0.4, 0.5) is 0 Å². The Morgan fingerprint density at radius 1 is 1.40 bits per heavy atom. The van der Waals surface area contributed by atoms with Crippen molar-refractivity contribution in [1.82, 2.24) is 15.5 Å². The highest BCUT2D eigenvalue weighted by Gasteiger charge is 2.17. The number of hydrogen-bond donors (Lipinski definition) is 2. The van der Waals surface area contributed by atoms with Crippen LogP contribution in [0, 0.1) is 0 Å². The maximum Gasteiger partial charge on any atom is 0.220 e. The number of hydrogen-bond acceptors (Lipinski definition) is 3. The minimum Gasteiger partial charge on any atom is -0.355 e. The Bertz CT molecular complexity index is 204. The predicted octanol–water partition coefficient (Wildman–Crippen LogP) is -0.0496. The highest BCUT2D eigenvalue weighted by atomic mass is 16.1. The van der Waals surface area contributed by atoms with E-state index in [2.05, 4.69) is 15.5 Å². The molecule has 1 amide bonds. The SMILES string of the molecule is O=C1CCC(NCCN2CCCC2)CN1. The molecule has 0 radical (unpaired) electrons. The van der Waals surface area contributed by atoms with Crippen molar-refractivity contribution in [2.75, 3.05) is 32.7 Å². The minimum absolute atomic E-state index is 0.201. The maximum absolute atomic E-state index is 10.9. The molecular weight excluding hydrogens is 190 g/mol. The molecule has 2 heterocycles. The molecule has 0 aliphatic carbocycles. The summed E-state index contributed by atoms with van der Waals surface area (Å²) in [6.07, 6.45) is 4.40. The molecule has 0 aromatic carbocycles. The molecular formula is C11H21N3O. The zero-order valence-electron chi connectivity index (χ0n) is 9.30. The van der Waals surface area contributed by atoms with Gasteiger partial charge in [0.15, 0.2) is 0 Å². The van der Waals surface area contributed by atoms with Crippen LogP contribution in [-0.4, -0.2) is 49.6 Å². The molecule has 2 saturated heterocycles. The van der Waals surface area contributed by atoms with Gasteiger partial charge in [-0.1, -0.05) is 0 Å². The van der Waals surface area contributed by atoms with E-state index in [-0.39, 0.29) is 5.91 Å². The number of amides is 1. The lowest BCUT2D eigenvalue weighted by molar-refractivity contribution is -0.122. The summed E-state index contributed by atoms with van der Waals surface area (Å²) in [5.74, 6) is 0.201. The zero-order chi connectivity index (χ0) is 10.5. The van der Waals surface area contributed by atoms with E-state index in [9.17, 15) is 4.79 Å². The third-order valence-electron chi connectivity index (χ3n) is 3.33. The summed E-state index contributed by atoms with van der Waals surface area (Å²) in [5, 5.41) is 6.41. The van der Waals surface area contributed by atoms with E-state index in [4.69, 9.17) is 0 Å². The lowest BCUT2D eigenvalue weighted by Gasteiger charge is -2.24. The largest absolute Gasteiger partial charge is 0.355 e. The molecule has 1 unspecified atom stereocenters. The van der Waals surface area contributed by atoms with E-state index in [0.29, 0.717) is 12.5 Å². The van der Waals surface area contributed by atoms with Crippen molar-refractivity contribution >= 4 is 5.91 Å². The van der Waals surface area contributed by atoms with Crippen molar-refractivity contribution < 1.29 is 4.79 Å². The van der Waals surface area contributed by atoms with Crippen molar-refractivity contribution in [1.29, 1.82) is 0 Å². The normalized spacial score (nSPS) is 28.0. The predicted molar refractivity (Wildman–Crippen MR) is 59.7 cm³/mol. The Balaban J connectivity index is 1.55. The molecule has 2 N–H and O–H groups in total. The van der Waals surface area contributed by atoms with Gasteiger partial charge in [-0.05, 0) is 32.4 Å². The van der Waals surface area contributed by atoms with Crippen LogP contribution in [0.2, 0.25) is 0 Å². The fourth-order valence-electron chi connectivity index (χ4n) is 2.34. The molecule has 0 bridgehead atoms. The first-order valence-electron chi connectivity index (χ1n) is 6.07. The Labute approximate surface area is 91.4 Å². The molecule has 0 aromatic rings. The number of nitrogens with zero attached hydrogens (tertiary/aromatic N) is 1. The van der Waals surface area contributed by atoms with E-state index < -0.39 is 0 Å². The lowest BCUT2D eigenvalue weighted by Crippen LogP contribution is -2.47. The number of nitrogens with one attached hydrogen (secondary N) is 2. The van der Waals surface area contributed by atoms with Gasteiger partial charge in [-0.15, -0.1) is 0 Å². The minimum atomic E-state index is 0.201. The van der Waals surface area contributed by atoms with E-state index in [0.717, 1.165) is 26.1 Å². The van der Waals surface area contributed by atoms with E-state index in [1.807, 2.05) is 0 Å². The second-order valence-corrected chi connectivity index (χ2v) is 4.54. The standard InChI is InChI=1S/C11H21N3O/c15-11-4-3-10(9-13-11)12-5-8-14-6-1-2-7-14/h10,12H,1-9H2,(H,13,15). The van der Waals surface area contributed by atoms with Gasteiger partial charge >= 0.3 is 0 Å². The number of carbonyl (C=O) groups is 1. The molecule has 15 heavy (non-hydrogen) atoms. The van der Waals surface area contributed by atoms with Gasteiger partial charge in [-0.2, -0.15) is 0 Å². The van der Waals surface area contributed by atoms with Crippen LogP contribution in [0.3, 0.4) is 0 Å². The molecule has 2 rings (SSSR count). The summed E-state index contributed by atoms with van der Waals surface area (Å²) in [4.78, 5) is 13.5. The molecule has 4 heteroatoms. The highest BCUT2D eigenvalue weighted by molar-refractivity contribution is 5.76. The van der Waals surface area contributed by atoms with Gasteiger partial charge in [0.05, 0.1) is 0 Å². The van der Waals surface area contributed by atoms with Crippen LogP contribution in [-0.2, 0) is 4.79 Å². The molecule has 0 aromatic heterocycles. The zero-order valence-corrected chi connectivity index (χ0v) is 9.30. The van der Waals surface area contributed by atoms with Crippen molar-refractivity contribution in [2.45, 2.75) is 31.7 Å². The average Bonchev–Trinajstić information content (AvgIpc) is 2.74. The third-order valence-corrected chi connectivity index (χ3v) is 3.33. The number of rotatable bonds is 4. The summed E-state index contributed by atoms with van der Waals surface area (Å²) in [5.41, 5.74) is 0. The average molecular weight is 211 g/mol. The fourth-order valence-corrected chi connectivity index (χ4v) is 2.34. The molecule has 4 nitrogen and oxygen atoms in total. The van der Waals surface area contributed by atoms with Crippen molar-refractivity contribution in [3.8, 4) is 0 Å². The smallest absolute Gasteiger partial charge is 0.220 e. The lowest BCUT2D eigenvalue weighted by atomic mass is 10.1. The molecule has 2 aliphatic rings. The molecule has 0 saturated carbocycles. The van der Waals surface area contributed by atoms with Gasteiger partial charge in [0.2, 0.25) is 5.91 Å². The molecule has 0 spiro atoms. The molecule has 1 atom stereocenters.